The second kappa shape index (κ2) is 8.43. The van der Waals surface area contributed by atoms with Gasteiger partial charge in [-0.3, -0.25) is 4.79 Å². The van der Waals surface area contributed by atoms with Crippen LogP contribution in [0.1, 0.15) is 20.3 Å². The van der Waals surface area contributed by atoms with Crippen molar-refractivity contribution in [3.8, 4) is 11.5 Å². The molecule has 0 aliphatic rings. The number of benzene rings is 1. The number of amides is 1. The molecule has 1 aromatic rings. The van der Waals surface area contributed by atoms with E-state index < -0.39 is 6.04 Å². The monoisotopic (exact) mass is 280 g/mol. The summed E-state index contributed by atoms with van der Waals surface area (Å²) in [6, 6.07) is 6.85. The van der Waals surface area contributed by atoms with Crippen LogP contribution in [0.4, 0.5) is 0 Å². The Bertz CT molecular complexity index is 404. The van der Waals surface area contributed by atoms with Crippen LogP contribution in [-0.2, 0) is 4.79 Å². The first kappa shape index (κ1) is 16.3. The lowest BCUT2D eigenvalue weighted by Gasteiger charge is -2.14. The molecular formula is C15H24N2O3. The lowest BCUT2D eigenvalue weighted by Crippen LogP contribution is -2.42. The molecule has 0 saturated heterocycles. The lowest BCUT2D eigenvalue weighted by atomic mass is 10.0. The van der Waals surface area contributed by atoms with Crippen LogP contribution in [-0.4, -0.2) is 32.2 Å². The van der Waals surface area contributed by atoms with Crippen molar-refractivity contribution >= 4 is 5.91 Å². The third-order valence-corrected chi connectivity index (χ3v) is 2.79. The van der Waals surface area contributed by atoms with E-state index in [9.17, 15) is 4.79 Å². The van der Waals surface area contributed by atoms with Gasteiger partial charge in [-0.2, -0.15) is 0 Å². The van der Waals surface area contributed by atoms with Crippen LogP contribution in [0.25, 0.3) is 0 Å². The molecule has 0 saturated carbocycles. The van der Waals surface area contributed by atoms with Crippen LogP contribution in [0.3, 0.4) is 0 Å². The summed E-state index contributed by atoms with van der Waals surface area (Å²) >= 11 is 0. The zero-order chi connectivity index (χ0) is 15.0. The Labute approximate surface area is 120 Å². The third-order valence-electron chi connectivity index (χ3n) is 2.79. The Balaban J connectivity index is 2.22. The molecule has 0 heterocycles. The molecule has 0 aromatic heterocycles. The summed E-state index contributed by atoms with van der Waals surface area (Å²) in [4.78, 5) is 11.7. The highest BCUT2D eigenvalue weighted by Crippen LogP contribution is 2.16. The molecule has 0 aliphatic carbocycles. The topological polar surface area (TPSA) is 73.6 Å². The number of methoxy groups -OCH3 is 1. The van der Waals surface area contributed by atoms with Gasteiger partial charge in [-0.25, -0.2) is 0 Å². The van der Waals surface area contributed by atoms with E-state index in [1.54, 1.807) is 7.11 Å². The highest BCUT2D eigenvalue weighted by atomic mass is 16.5. The number of carbonyl (C=O) groups is 1. The molecule has 5 nitrogen and oxygen atoms in total. The van der Waals surface area contributed by atoms with Crippen molar-refractivity contribution in [1.82, 2.24) is 5.32 Å². The summed E-state index contributed by atoms with van der Waals surface area (Å²) in [6.45, 7) is 4.93. The molecule has 1 atom stereocenters. The standard InChI is InChI=1S/C15H24N2O3/c1-11(2)10-14(16)15(18)17-8-9-20-13-6-4-12(19-3)5-7-13/h4-7,11,14H,8-10,16H2,1-3H3,(H,17,18)/t14-/m0/s1. The minimum Gasteiger partial charge on any atom is -0.497 e. The maximum absolute atomic E-state index is 11.7. The van der Waals surface area contributed by atoms with Crippen molar-refractivity contribution in [3.63, 3.8) is 0 Å². The van der Waals surface area contributed by atoms with Crippen molar-refractivity contribution in [1.29, 1.82) is 0 Å². The van der Waals surface area contributed by atoms with Crippen LogP contribution in [0.2, 0.25) is 0 Å². The van der Waals surface area contributed by atoms with E-state index in [-0.39, 0.29) is 5.91 Å². The number of hydrogen-bond acceptors (Lipinski definition) is 4. The zero-order valence-electron chi connectivity index (χ0n) is 12.4. The largest absolute Gasteiger partial charge is 0.497 e. The van der Waals surface area contributed by atoms with Gasteiger partial charge >= 0.3 is 0 Å². The molecule has 5 heteroatoms. The van der Waals surface area contributed by atoms with Gasteiger partial charge in [-0.1, -0.05) is 13.8 Å². The molecule has 112 valence electrons. The van der Waals surface area contributed by atoms with Gasteiger partial charge in [0.25, 0.3) is 0 Å². The average molecular weight is 280 g/mol. The highest BCUT2D eigenvalue weighted by Gasteiger charge is 2.13. The van der Waals surface area contributed by atoms with Crippen LogP contribution >= 0.6 is 0 Å². The first-order chi connectivity index (χ1) is 9.52. The average Bonchev–Trinajstić information content (AvgIpc) is 2.43. The Morgan fingerprint density at radius 3 is 2.40 bits per heavy atom. The van der Waals surface area contributed by atoms with Gasteiger partial charge in [-0.15, -0.1) is 0 Å². The molecule has 20 heavy (non-hydrogen) atoms. The van der Waals surface area contributed by atoms with Gasteiger partial charge in [0.2, 0.25) is 5.91 Å². The summed E-state index contributed by atoms with van der Waals surface area (Å²) in [5, 5.41) is 2.77. The number of ether oxygens (including phenoxy) is 2. The highest BCUT2D eigenvalue weighted by molar-refractivity contribution is 5.81. The van der Waals surface area contributed by atoms with Crippen molar-refractivity contribution in [2.45, 2.75) is 26.3 Å². The fourth-order valence-corrected chi connectivity index (χ4v) is 1.76. The summed E-state index contributed by atoms with van der Waals surface area (Å²) in [6.07, 6.45) is 0.686. The maximum Gasteiger partial charge on any atom is 0.237 e. The minimum atomic E-state index is -0.448. The second-order valence-electron chi connectivity index (χ2n) is 5.05. The van der Waals surface area contributed by atoms with Gasteiger partial charge in [0.15, 0.2) is 0 Å². The Hall–Kier alpha value is -1.75. The summed E-state index contributed by atoms with van der Waals surface area (Å²) in [5.41, 5.74) is 5.78. The van der Waals surface area contributed by atoms with Crippen LogP contribution in [0.5, 0.6) is 11.5 Å². The van der Waals surface area contributed by atoms with Crippen molar-refractivity contribution < 1.29 is 14.3 Å². The normalized spacial score (nSPS) is 12.1. The van der Waals surface area contributed by atoms with E-state index in [4.69, 9.17) is 15.2 Å². The van der Waals surface area contributed by atoms with E-state index >= 15 is 0 Å². The Morgan fingerprint density at radius 1 is 1.25 bits per heavy atom. The van der Waals surface area contributed by atoms with E-state index in [0.717, 1.165) is 11.5 Å². The number of nitrogens with one attached hydrogen (secondary N) is 1. The first-order valence-corrected chi connectivity index (χ1v) is 6.83. The lowest BCUT2D eigenvalue weighted by molar-refractivity contribution is -0.122. The quantitative estimate of drug-likeness (QED) is 0.709. The number of rotatable bonds is 8. The fraction of sp³-hybridized carbons (Fsp3) is 0.533. The van der Waals surface area contributed by atoms with Crippen LogP contribution in [0.15, 0.2) is 24.3 Å². The number of carbonyl (C=O) groups excluding carboxylic acids is 1. The first-order valence-electron chi connectivity index (χ1n) is 6.83. The van der Waals surface area contributed by atoms with Crippen molar-refractivity contribution in [2.75, 3.05) is 20.3 Å². The van der Waals surface area contributed by atoms with Gasteiger partial charge in [0, 0.05) is 0 Å². The van der Waals surface area contributed by atoms with Gasteiger partial charge in [0.05, 0.1) is 19.7 Å². The van der Waals surface area contributed by atoms with E-state index in [0.29, 0.717) is 25.5 Å². The molecule has 0 fully saturated rings. The Morgan fingerprint density at radius 2 is 1.85 bits per heavy atom. The third kappa shape index (κ3) is 5.93. The predicted molar refractivity (Wildman–Crippen MR) is 78.9 cm³/mol. The van der Waals surface area contributed by atoms with Gasteiger partial charge in [0.1, 0.15) is 18.1 Å². The van der Waals surface area contributed by atoms with Gasteiger partial charge in [-0.05, 0) is 36.6 Å². The van der Waals surface area contributed by atoms with E-state index in [2.05, 4.69) is 5.32 Å². The molecule has 0 aliphatic heterocycles. The Kier molecular flexibility index (Phi) is 6.87. The molecule has 1 aromatic carbocycles. The van der Waals surface area contributed by atoms with Crippen molar-refractivity contribution in [2.24, 2.45) is 11.7 Å². The predicted octanol–water partition coefficient (Wildman–Crippen LogP) is 1.56. The zero-order valence-corrected chi connectivity index (χ0v) is 12.4. The number of nitrogens with two attached hydrogens (primary N) is 1. The van der Waals surface area contributed by atoms with Crippen LogP contribution < -0.4 is 20.5 Å². The van der Waals surface area contributed by atoms with Crippen LogP contribution in [0, 0.1) is 5.92 Å². The van der Waals surface area contributed by atoms with Gasteiger partial charge < -0.3 is 20.5 Å². The fourth-order valence-electron chi connectivity index (χ4n) is 1.76. The van der Waals surface area contributed by atoms with Crippen molar-refractivity contribution in [3.05, 3.63) is 24.3 Å². The molecule has 0 spiro atoms. The molecule has 0 bridgehead atoms. The summed E-state index contributed by atoms with van der Waals surface area (Å²) in [7, 11) is 1.62. The molecule has 3 N–H and O–H groups in total. The molecule has 0 unspecified atom stereocenters. The molecule has 0 radical (unpaired) electrons. The van der Waals surface area contributed by atoms with E-state index in [1.807, 2.05) is 38.1 Å². The molecule has 1 amide bonds. The maximum atomic E-state index is 11.7. The molecule has 1 rings (SSSR count). The minimum absolute atomic E-state index is 0.128. The summed E-state index contributed by atoms with van der Waals surface area (Å²) < 4.78 is 10.6. The SMILES string of the molecule is COc1ccc(OCCNC(=O)[C@@H](N)CC(C)C)cc1. The molecular weight excluding hydrogens is 256 g/mol. The smallest absolute Gasteiger partial charge is 0.237 e. The second-order valence-corrected chi connectivity index (χ2v) is 5.05. The summed E-state index contributed by atoms with van der Waals surface area (Å²) in [5.74, 6) is 1.81. The van der Waals surface area contributed by atoms with E-state index in [1.165, 1.54) is 0 Å². The number of hydrogen-bond donors (Lipinski definition) is 2.